The lowest BCUT2D eigenvalue weighted by Crippen LogP contribution is -2.32. The molecular weight excluding hydrogens is 239 g/mol. The molecule has 0 saturated heterocycles. The van der Waals surface area contributed by atoms with Crippen molar-refractivity contribution >= 4 is 5.97 Å². The number of rotatable bonds is 4. The number of carbonyl (C=O) groups is 1. The average molecular weight is 256 g/mol. The summed E-state index contributed by atoms with van der Waals surface area (Å²) in [4.78, 5) is 10.9. The molecule has 1 rings (SSSR count). The van der Waals surface area contributed by atoms with Crippen LogP contribution in [0.25, 0.3) is 0 Å². The molecule has 100 valence electrons. The molecule has 1 aromatic carbocycles. The van der Waals surface area contributed by atoms with Gasteiger partial charge in [0.05, 0.1) is 6.10 Å². The Bertz CT molecular complexity index is 437. The van der Waals surface area contributed by atoms with Crippen LogP contribution in [0.4, 0.5) is 4.39 Å². The summed E-state index contributed by atoms with van der Waals surface area (Å²) in [5.74, 6) is -2.33. The maximum absolute atomic E-state index is 13.3. The maximum Gasteiger partial charge on any atom is 0.342 e. The number of aliphatic hydroxyl groups is 1. The number of benzene rings is 1. The number of hydrogen-bond donors (Lipinski definition) is 2. The highest BCUT2D eigenvalue weighted by atomic mass is 19.1. The summed E-state index contributed by atoms with van der Waals surface area (Å²) in [6.07, 6.45) is -0.776. The van der Waals surface area contributed by atoms with Crippen LogP contribution in [-0.2, 0) is 0 Å². The molecule has 2 N–H and O–H groups in total. The molecule has 0 amide bonds. The van der Waals surface area contributed by atoms with Gasteiger partial charge in [0.2, 0.25) is 0 Å². The third-order valence-electron chi connectivity index (χ3n) is 2.59. The van der Waals surface area contributed by atoms with Gasteiger partial charge in [-0.15, -0.1) is 0 Å². The molecule has 0 saturated carbocycles. The van der Waals surface area contributed by atoms with Crippen molar-refractivity contribution in [2.24, 2.45) is 5.41 Å². The third kappa shape index (κ3) is 3.43. The van der Waals surface area contributed by atoms with Crippen molar-refractivity contribution in [3.05, 3.63) is 29.6 Å². The molecule has 0 bridgehead atoms. The van der Waals surface area contributed by atoms with Crippen LogP contribution < -0.4 is 4.74 Å². The van der Waals surface area contributed by atoms with E-state index in [4.69, 9.17) is 9.84 Å². The third-order valence-corrected chi connectivity index (χ3v) is 2.59. The van der Waals surface area contributed by atoms with Gasteiger partial charge in [0.15, 0.2) is 0 Å². The lowest BCUT2D eigenvalue weighted by molar-refractivity contribution is 0.0211. The van der Waals surface area contributed by atoms with E-state index in [1.807, 2.05) is 20.8 Å². The van der Waals surface area contributed by atoms with Crippen LogP contribution in [0.1, 0.15) is 31.1 Å². The van der Waals surface area contributed by atoms with Crippen LogP contribution in [0, 0.1) is 11.2 Å². The summed E-state index contributed by atoms with van der Waals surface area (Å²) in [7, 11) is 0. The van der Waals surface area contributed by atoms with Gasteiger partial charge < -0.3 is 14.9 Å². The maximum atomic E-state index is 13.3. The Morgan fingerprint density at radius 3 is 2.56 bits per heavy atom. The molecule has 1 atom stereocenters. The van der Waals surface area contributed by atoms with Crippen LogP contribution in [0.2, 0.25) is 0 Å². The molecule has 0 aromatic heterocycles. The summed E-state index contributed by atoms with van der Waals surface area (Å²) in [5.41, 5.74) is -0.907. The molecule has 0 radical (unpaired) electrons. The highest BCUT2D eigenvalue weighted by Gasteiger charge is 2.24. The van der Waals surface area contributed by atoms with E-state index in [0.29, 0.717) is 0 Å². The predicted molar refractivity (Wildman–Crippen MR) is 64.3 cm³/mol. The molecule has 5 heteroatoms. The summed E-state index contributed by atoms with van der Waals surface area (Å²) in [6.45, 7) is 5.38. The smallest absolute Gasteiger partial charge is 0.342 e. The Morgan fingerprint density at radius 1 is 1.44 bits per heavy atom. The van der Waals surface area contributed by atoms with Gasteiger partial charge in [0, 0.05) is 0 Å². The van der Waals surface area contributed by atoms with Gasteiger partial charge in [0.1, 0.15) is 23.7 Å². The van der Waals surface area contributed by atoms with Crippen molar-refractivity contribution in [3.63, 3.8) is 0 Å². The van der Waals surface area contributed by atoms with Crippen LogP contribution in [0.15, 0.2) is 18.2 Å². The van der Waals surface area contributed by atoms with Crippen molar-refractivity contribution in [3.8, 4) is 5.75 Å². The Balaban J connectivity index is 2.86. The van der Waals surface area contributed by atoms with E-state index in [1.165, 1.54) is 12.1 Å². The topological polar surface area (TPSA) is 66.8 Å². The molecule has 0 fully saturated rings. The SMILES string of the molecule is CC(C)(C)C(O)COc1cccc(F)c1C(=O)O. The minimum absolute atomic E-state index is 0.0780. The summed E-state index contributed by atoms with van der Waals surface area (Å²) < 4.78 is 18.5. The second kappa shape index (κ2) is 5.35. The normalized spacial score (nSPS) is 13.2. The summed E-state index contributed by atoms with van der Waals surface area (Å²) in [6, 6.07) is 3.78. The van der Waals surface area contributed by atoms with Crippen LogP contribution >= 0.6 is 0 Å². The van der Waals surface area contributed by atoms with Gasteiger partial charge in [0.25, 0.3) is 0 Å². The molecule has 1 aromatic rings. The largest absolute Gasteiger partial charge is 0.490 e. The zero-order chi connectivity index (χ0) is 13.9. The van der Waals surface area contributed by atoms with E-state index in [1.54, 1.807) is 0 Å². The highest BCUT2D eigenvalue weighted by Crippen LogP contribution is 2.24. The first-order valence-corrected chi connectivity index (χ1v) is 5.56. The van der Waals surface area contributed by atoms with E-state index < -0.39 is 28.9 Å². The minimum atomic E-state index is -1.40. The van der Waals surface area contributed by atoms with Gasteiger partial charge in [-0.2, -0.15) is 0 Å². The van der Waals surface area contributed by atoms with Crippen LogP contribution in [-0.4, -0.2) is 28.9 Å². The number of aliphatic hydroxyl groups excluding tert-OH is 1. The Labute approximate surface area is 105 Å². The fourth-order valence-electron chi connectivity index (χ4n) is 1.25. The van der Waals surface area contributed by atoms with Gasteiger partial charge >= 0.3 is 5.97 Å². The molecule has 0 aliphatic rings. The molecule has 0 spiro atoms. The molecule has 0 aliphatic carbocycles. The van der Waals surface area contributed by atoms with Crippen molar-refractivity contribution in [2.45, 2.75) is 26.9 Å². The van der Waals surface area contributed by atoms with E-state index in [0.717, 1.165) is 6.07 Å². The number of carboxylic acids is 1. The van der Waals surface area contributed by atoms with Crippen LogP contribution in [0.3, 0.4) is 0 Å². The minimum Gasteiger partial charge on any atom is -0.490 e. The molecule has 18 heavy (non-hydrogen) atoms. The van der Waals surface area contributed by atoms with Crippen LogP contribution in [0.5, 0.6) is 5.75 Å². The van der Waals surface area contributed by atoms with E-state index in [-0.39, 0.29) is 12.4 Å². The lowest BCUT2D eigenvalue weighted by atomic mass is 9.90. The number of halogens is 1. The fourth-order valence-corrected chi connectivity index (χ4v) is 1.25. The van der Waals surface area contributed by atoms with Crippen molar-refractivity contribution in [1.82, 2.24) is 0 Å². The number of carboxylic acid groups (broad SMARTS) is 1. The number of ether oxygens (including phenoxy) is 1. The van der Waals surface area contributed by atoms with Gasteiger partial charge in [-0.05, 0) is 17.5 Å². The van der Waals surface area contributed by atoms with Crippen molar-refractivity contribution in [2.75, 3.05) is 6.61 Å². The van der Waals surface area contributed by atoms with E-state index in [9.17, 15) is 14.3 Å². The quantitative estimate of drug-likeness (QED) is 0.867. The molecule has 0 aliphatic heterocycles. The van der Waals surface area contributed by atoms with Gasteiger partial charge in [-0.1, -0.05) is 26.8 Å². The first kappa shape index (κ1) is 14.4. The summed E-state index contributed by atoms with van der Waals surface area (Å²) >= 11 is 0. The van der Waals surface area contributed by atoms with E-state index >= 15 is 0 Å². The zero-order valence-electron chi connectivity index (χ0n) is 10.6. The predicted octanol–water partition coefficient (Wildman–Crippen LogP) is 2.31. The Kier molecular flexibility index (Phi) is 4.29. The first-order valence-electron chi connectivity index (χ1n) is 5.56. The molecule has 0 heterocycles. The fraction of sp³-hybridized carbons (Fsp3) is 0.462. The van der Waals surface area contributed by atoms with Gasteiger partial charge in [-0.25, -0.2) is 9.18 Å². The first-order chi connectivity index (χ1) is 8.23. The molecule has 4 nitrogen and oxygen atoms in total. The zero-order valence-corrected chi connectivity index (χ0v) is 10.6. The standard InChI is InChI=1S/C13H17FO4/c1-13(2,3)10(15)7-18-9-6-4-5-8(14)11(9)12(16)17/h4-6,10,15H,7H2,1-3H3,(H,16,17). The monoisotopic (exact) mass is 256 g/mol. The van der Waals surface area contributed by atoms with Gasteiger partial charge in [-0.3, -0.25) is 0 Å². The summed E-state index contributed by atoms with van der Waals surface area (Å²) in [5, 5.41) is 18.7. The number of aromatic carboxylic acids is 1. The molecule has 1 unspecified atom stereocenters. The lowest BCUT2D eigenvalue weighted by Gasteiger charge is -2.25. The van der Waals surface area contributed by atoms with E-state index in [2.05, 4.69) is 0 Å². The average Bonchev–Trinajstić information content (AvgIpc) is 2.23. The Hall–Kier alpha value is -1.62. The highest BCUT2D eigenvalue weighted by molar-refractivity contribution is 5.91. The second-order valence-electron chi connectivity index (χ2n) is 5.11. The number of hydrogen-bond acceptors (Lipinski definition) is 3. The van der Waals surface area contributed by atoms with Crippen molar-refractivity contribution in [1.29, 1.82) is 0 Å². The Morgan fingerprint density at radius 2 is 2.06 bits per heavy atom. The molecular formula is C13H17FO4. The van der Waals surface area contributed by atoms with Crippen molar-refractivity contribution < 1.29 is 24.1 Å². The second-order valence-corrected chi connectivity index (χ2v) is 5.11.